The van der Waals surface area contributed by atoms with Crippen LogP contribution in [0.5, 0.6) is 17.2 Å². The zero-order valence-electron chi connectivity index (χ0n) is 16.7. The van der Waals surface area contributed by atoms with E-state index in [2.05, 4.69) is 10.3 Å². The predicted octanol–water partition coefficient (Wildman–Crippen LogP) is 2.80. The summed E-state index contributed by atoms with van der Waals surface area (Å²) in [7, 11) is 4.73. The standard InChI is InChI=1S/C22H24N2O5/c1-27-17-6-7-18-16(12-17)11-15(22(26)24-18)5-9-21(25)23-13-14-4-8-19(28-2)20(10-14)29-3/h4,6-8,10-12H,5,9,13H2,1-3H3,(H,23,25)(H,24,26). The molecule has 29 heavy (non-hydrogen) atoms. The van der Waals surface area contributed by atoms with Gasteiger partial charge in [-0.1, -0.05) is 6.07 Å². The summed E-state index contributed by atoms with van der Waals surface area (Å²) in [5.74, 6) is 1.82. The quantitative estimate of drug-likeness (QED) is 0.611. The molecule has 3 rings (SSSR count). The number of aryl methyl sites for hydroxylation is 1. The molecular weight excluding hydrogens is 372 g/mol. The molecule has 1 aromatic heterocycles. The van der Waals surface area contributed by atoms with Crippen molar-refractivity contribution in [3.8, 4) is 17.2 Å². The van der Waals surface area contributed by atoms with E-state index in [0.29, 0.717) is 35.8 Å². The minimum absolute atomic E-state index is 0.134. The van der Waals surface area contributed by atoms with Gasteiger partial charge in [0.1, 0.15) is 5.75 Å². The van der Waals surface area contributed by atoms with Gasteiger partial charge in [-0.3, -0.25) is 9.59 Å². The molecule has 152 valence electrons. The van der Waals surface area contributed by atoms with Gasteiger partial charge in [0.2, 0.25) is 5.91 Å². The molecule has 2 N–H and O–H groups in total. The Morgan fingerprint density at radius 2 is 1.76 bits per heavy atom. The van der Waals surface area contributed by atoms with Gasteiger partial charge in [0.25, 0.3) is 5.56 Å². The first-order chi connectivity index (χ1) is 14.0. The fraction of sp³-hybridized carbons (Fsp3) is 0.273. The Hall–Kier alpha value is -3.48. The normalized spacial score (nSPS) is 10.6. The van der Waals surface area contributed by atoms with Gasteiger partial charge >= 0.3 is 0 Å². The number of benzene rings is 2. The molecule has 0 saturated carbocycles. The summed E-state index contributed by atoms with van der Waals surface area (Å²) in [5, 5.41) is 3.73. The van der Waals surface area contributed by atoms with E-state index in [1.165, 1.54) is 0 Å². The van der Waals surface area contributed by atoms with E-state index in [1.807, 2.05) is 18.2 Å². The third-order valence-electron chi connectivity index (χ3n) is 4.69. The highest BCUT2D eigenvalue weighted by molar-refractivity contribution is 5.81. The molecule has 0 aliphatic carbocycles. The Bertz CT molecular complexity index is 1070. The number of carbonyl (C=O) groups is 1. The van der Waals surface area contributed by atoms with Gasteiger partial charge in [-0.25, -0.2) is 0 Å². The van der Waals surface area contributed by atoms with Gasteiger partial charge in [0.05, 0.1) is 21.3 Å². The highest BCUT2D eigenvalue weighted by Gasteiger charge is 2.09. The molecule has 0 unspecified atom stereocenters. The number of hydrogen-bond acceptors (Lipinski definition) is 5. The summed E-state index contributed by atoms with van der Waals surface area (Å²) in [6, 6.07) is 12.7. The van der Waals surface area contributed by atoms with Crippen LogP contribution in [0.25, 0.3) is 10.9 Å². The largest absolute Gasteiger partial charge is 0.497 e. The molecule has 1 heterocycles. The summed E-state index contributed by atoms with van der Waals surface area (Å²) in [5.41, 5.74) is 2.01. The van der Waals surface area contributed by atoms with E-state index in [0.717, 1.165) is 16.5 Å². The van der Waals surface area contributed by atoms with Crippen LogP contribution in [0.1, 0.15) is 17.5 Å². The number of aromatic amines is 1. The average Bonchev–Trinajstić information content (AvgIpc) is 2.75. The average molecular weight is 396 g/mol. The lowest BCUT2D eigenvalue weighted by Gasteiger charge is -2.10. The molecule has 1 amide bonds. The summed E-state index contributed by atoms with van der Waals surface area (Å²) in [6.45, 7) is 0.366. The number of amides is 1. The number of rotatable bonds is 8. The first-order valence-electron chi connectivity index (χ1n) is 9.21. The maximum absolute atomic E-state index is 12.3. The van der Waals surface area contributed by atoms with Crippen LogP contribution in [0, 0.1) is 0 Å². The summed E-state index contributed by atoms with van der Waals surface area (Å²) < 4.78 is 15.7. The van der Waals surface area contributed by atoms with Gasteiger partial charge in [-0.2, -0.15) is 0 Å². The van der Waals surface area contributed by atoms with Crippen LogP contribution in [0.4, 0.5) is 0 Å². The summed E-state index contributed by atoms with van der Waals surface area (Å²) in [4.78, 5) is 27.4. The van der Waals surface area contributed by atoms with Crippen molar-refractivity contribution in [3.05, 3.63) is 63.9 Å². The van der Waals surface area contributed by atoms with Gasteiger partial charge in [0, 0.05) is 29.4 Å². The lowest BCUT2D eigenvalue weighted by Crippen LogP contribution is -2.24. The van der Waals surface area contributed by atoms with E-state index < -0.39 is 0 Å². The van der Waals surface area contributed by atoms with E-state index in [4.69, 9.17) is 14.2 Å². The fourth-order valence-electron chi connectivity index (χ4n) is 3.07. The molecule has 3 aromatic rings. The number of aromatic nitrogens is 1. The Labute approximate surface area is 168 Å². The van der Waals surface area contributed by atoms with Crippen molar-refractivity contribution in [2.45, 2.75) is 19.4 Å². The molecule has 0 atom stereocenters. The fourth-order valence-corrected chi connectivity index (χ4v) is 3.07. The first-order valence-corrected chi connectivity index (χ1v) is 9.21. The SMILES string of the molecule is COc1ccc2[nH]c(=O)c(CCC(=O)NCc3ccc(OC)c(OC)c3)cc2c1. The Kier molecular flexibility index (Phi) is 6.39. The first kappa shape index (κ1) is 20.3. The smallest absolute Gasteiger partial charge is 0.251 e. The van der Waals surface area contributed by atoms with Gasteiger partial charge < -0.3 is 24.5 Å². The third-order valence-corrected chi connectivity index (χ3v) is 4.69. The summed E-state index contributed by atoms with van der Waals surface area (Å²) in [6.07, 6.45) is 0.562. The van der Waals surface area contributed by atoms with E-state index >= 15 is 0 Å². The van der Waals surface area contributed by atoms with E-state index in [9.17, 15) is 9.59 Å². The number of nitrogens with one attached hydrogen (secondary N) is 2. The van der Waals surface area contributed by atoms with Crippen molar-refractivity contribution in [2.75, 3.05) is 21.3 Å². The van der Waals surface area contributed by atoms with Gasteiger partial charge in [-0.15, -0.1) is 0 Å². The molecule has 2 aromatic carbocycles. The molecule has 0 aliphatic heterocycles. The second-order valence-electron chi connectivity index (χ2n) is 6.54. The number of fused-ring (bicyclic) bond motifs is 1. The maximum atomic E-state index is 12.3. The minimum atomic E-state index is -0.185. The molecule has 0 bridgehead atoms. The van der Waals surface area contributed by atoms with E-state index in [-0.39, 0.29) is 17.9 Å². The van der Waals surface area contributed by atoms with Crippen molar-refractivity contribution < 1.29 is 19.0 Å². The van der Waals surface area contributed by atoms with Crippen LogP contribution >= 0.6 is 0 Å². The van der Waals surface area contributed by atoms with Crippen molar-refractivity contribution in [3.63, 3.8) is 0 Å². The van der Waals surface area contributed by atoms with Crippen molar-refractivity contribution in [1.82, 2.24) is 10.3 Å². The molecule has 7 nitrogen and oxygen atoms in total. The van der Waals surface area contributed by atoms with Crippen LogP contribution in [-0.2, 0) is 17.8 Å². The third kappa shape index (κ3) is 4.87. The topological polar surface area (TPSA) is 89.7 Å². The molecule has 0 aliphatic rings. The molecule has 0 saturated heterocycles. The second kappa shape index (κ2) is 9.14. The predicted molar refractivity (Wildman–Crippen MR) is 111 cm³/mol. The Morgan fingerprint density at radius 1 is 0.966 bits per heavy atom. The molecule has 0 radical (unpaired) electrons. The molecule has 7 heteroatoms. The second-order valence-corrected chi connectivity index (χ2v) is 6.54. The lowest BCUT2D eigenvalue weighted by molar-refractivity contribution is -0.121. The van der Waals surface area contributed by atoms with Crippen molar-refractivity contribution >= 4 is 16.8 Å². The van der Waals surface area contributed by atoms with E-state index in [1.54, 1.807) is 45.6 Å². The maximum Gasteiger partial charge on any atom is 0.251 e. The lowest BCUT2D eigenvalue weighted by atomic mass is 10.1. The molecule has 0 fully saturated rings. The number of ether oxygens (including phenoxy) is 3. The van der Waals surface area contributed by atoms with Crippen LogP contribution in [0.3, 0.4) is 0 Å². The van der Waals surface area contributed by atoms with Crippen LogP contribution in [0.2, 0.25) is 0 Å². The number of methoxy groups -OCH3 is 3. The highest BCUT2D eigenvalue weighted by atomic mass is 16.5. The molecular formula is C22H24N2O5. The van der Waals surface area contributed by atoms with Gasteiger partial charge in [-0.05, 0) is 48.4 Å². The number of H-pyrrole nitrogens is 1. The Morgan fingerprint density at radius 3 is 2.48 bits per heavy atom. The minimum Gasteiger partial charge on any atom is -0.497 e. The summed E-state index contributed by atoms with van der Waals surface area (Å²) >= 11 is 0. The van der Waals surface area contributed by atoms with Crippen molar-refractivity contribution in [1.29, 1.82) is 0 Å². The zero-order valence-corrected chi connectivity index (χ0v) is 16.7. The van der Waals surface area contributed by atoms with Gasteiger partial charge in [0.15, 0.2) is 11.5 Å². The molecule has 0 spiro atoms. The van der Waals surface area contributed by atoms with Crippen LogP contribution < -0.4 is 25.1 Å². The number of pyridine rings is 1. The highest BCUT2D eigenvalue weighted by Crippen LogP contribution is 2.27. The van der Waals surface area contributed by atoms with Crippen molar-refractivity contribution in [2.24, 2.45) is 0 Å². The van der Waals surface area contributed by atoms with Crippen LogP contribution in [-0.4, -0.2) is 32.2 Å². The zero-order chi connectivity index (χ0) is 20.8. The Balaban J connectivity index is 1.62. The number of hydrogen-bond donors (Lipinski definition) is 2. The van der Waals surface area contributed by atoms with Crippen LogP contribution in [0.15, 0.2) is 47.3 Å². The number of carbonyl (C=O) groups excluding carboxylic acids is 1. The monoisotopic (exact) mass is 396 g/mol.